The molecule has 0 unspecified atom stereocenters. The number of anilines is 1. The molecule has 6 rings (SSSR count). The Balaban J connectivity index is 1.61. The van der Waals surface area contributed by atoms with Gasteiger partial charge in [0.05, 0.1) is 17.5 Å². The number of carbonyl (C=O) groups excluding carboxylic acids is 2. The van der Waals surface area contributed by atoms with Gasteiger partial charge in [0.25, 0.3) is 0 Å². The van der Waals surface area contributed by atoms with Crippen molar-refractivity contribution >= 4 is 17.5 Å². The van der Waals surface area contributed by atoms with Crippen LogP contribution in [0.3, 0.4) is 0 Å². The lowest BCUT2D eigenvalue weighted by Gasteiger charge is -2.37. The Bertz CT molecular complexity index is 614. The first-order valence-corrected chi connectivity index (χ1v) is 7.38. The molecule has 3 nitrogen and oxygen atoms in total. The minimum absolute atomic E-state index is 0.0240. The molecule has 1 aliphatic heterocycles. The summed E-state index contributed by atoms with van der Waals surface area (Å²) < 4.78 is 0. The number of amides is 2. The van der Waals surface area contributed by atoms with Crippen molar-refractivity contribution in [2.75, 3.05) is 4.90 Å². The predicted molar refractivity (Wildman–Crippen MR) is 73.6 cm³/mol. The van der Waals surface area contributed by atoms with E-state index in [9.17, 15) is 9.59 Å². The van der Waals surface area contributed by atoms with Crippen LogP contribution in [0, 0.1) is 35.5 Å². The average molecular weight is 265 g/mol. The van der Waals surface area contributed by atoms with E-state index in [1.54, 1.807) is 0 Å². The molecule has 1 aromatic rings. The molecule has 2 bridgehead atoms. The minimum atomic E-state index is -0.0959. The number of benzene rings is 1. The first kappa shape index (κ1) is 10.8. The van der Waals surface area contributed by atoms with Crippen LogP contribution >= 0.6 is 0 Å². The third-order valence-corrected chi connectivity index (χ3v) is 5.68. The summed E-state index contributed by atoms with van der Waals surface area (Å²) in [5.41, 5.74) is 0.727. The minimum Gasteiger partial charge on any atom is -0.274 e. The van der Waals surface area contributed by atoms with E-state index in [1.165, 1.54) is 11.3 Å². The molecule has 6 atom stereocenters. The molecule has 2 saturated carbocycles. The Hall–Kier alpha value is -1.90. The predicted octanol–water partition coefficient (Wildman–Crippen LogP) is 2.24. The topological polar surface area (TPSA) is 37.4 Å². The van der Waals surface area contributed by atoms with Gasteiger partial charge in [-0.2, -0.15) is 0 Å². The van der Waals surface area contributed by atoms with Crippen LogP contribution in [0.15, 0.2) is 42.5 Å². The maximum absolute atomic E-state index is 12.8. The lowest BCUT2D eigenvalue weighted by Crippen LogP contribution is -2.40. The van der Waals surface area contributed by atoms with E-state index < -0.39 is 0 Å². The molecule has 1 heterocycles. The lowest BCUT2D eigenvalue weighted by atomic mass is 9.63. The highest BCUT2D eigenvalue weighted by atomic mass is 16.2. The first-order chi connectivity index (χ1) is 9.77. The molecule has 1 aromatic carbocycles. The Morgan fingerprint density at radius 2 is 1.40 bits per heavy atom. The molecular weight excluding hydrogens is 250 g/mol. The number of imide groups is 1. The number of rotatable bonds is 1. The van der Waals surface area contributed by atoms with Gasteiger partial charge in [0, 0.05) is 0 Å². The van der Waals surface area contributed by atoms with Crippen LogP contribution in [0.2, 0.25) is 0 Å². The van der Waals surface area contributed by atoms with Gasteiger partial charge in [-0.25, -0.2) is 0 Å². The number of para-hydroxylation sites is 1. The van der Waals surface area contributed by atoms with Gasteiger partial charge in [-0.3, -0.25) is 14.5 Å². The van der Waals surface area contributed by atoms with Crippen molar-refractivity contribution in [1.29, 1.82) is 0 Å². The van der Waals surface area contributed by atoms with E-state index in [0.29, 0.717) is 23.7 Å². The number of allylic oxidation sites excluding steroid dienone is 2. The number of carbonyl (C=O) groups is 2. The molecule has 3 fully saturated rings. The van der Waals surface area contributed by atoms with E-state index in [-0.39, 0.29) is 23.7 Å². The van der Waals surface area contributed by atoms with Gasteiger partial charge in [0.2, 0.25) is 11.8 Å². The highest BCUT2D eigenvalue weighted by Crippen LogP contribution is 2.65. The van der Waals surface area contributed by atoms with Gasteiger partial charge in [0.1, 0.15) is 0 Å². The van der Waals surface area contributed by atoms with Crippen molar-refractivity contribution in [3.8, 4) is 0 Å². The summed E-state index contributed by atoms with van der Waals surface area (Å²) in [6.07, 6.45) is 5.63. The maximum Gasteiger partial charge on any atom is 0.238 e. The second-order valence-corrected chi connectivity index (χ2v) is 6.50. The zero-order chi connectivity index (χ0) is 13.4. The lowest BCUT2D eigenvalue weighted by molar-refractivity contribution is -0.124. The van der Waals surface area contributed by atoms with Gasteiger partial charge in [-0.1, -0.05) is 30.4 Å². The summed E-state index contributed by atoms with van der Waals surface area (Å²) >= 11 is 0. The highest BCUT2D eigenvalue weighted by molar-refractivity contribution is 6.22. The molecule has 100 valence electrons. The van der Waals surface area contributed by atoms with E-state index >= 15 is 0 Å². The molecule has 2 amide bonds. The molecule has 1 saturated heterocycles. The van der Waals surface area contributed by atoms with E-state index in [2.05, 4.69) is 12.2 Å². The summed E-state index contributed by atoms with van der Waals surface area (Å²) in [5, 5.41) is 0. The Morgan fingerprint density at radius 1 is 0.850 bits per heavy atom. The molecule has 0 aromatic heterocycles. The highest BCUT2D eigenvalue weighted by Gasteiger charge is 2.67. The zero-order valence-corrected chi connectivity index (χ0v) is 11.0. The van der Waals surface area contributed by atoms with Gasteiger partial charge in [0.15, 0.2) is 0 Å². The molecule has 5 aliphatic rings. The quantitative estimate of drug-likeness (QED) is 0.577. The molecular formula is C17H15NO2. The Kier molecular flexibility index (Phi) is 1.84. The standard InChI is InChI=1S/C17H15NO2/c19-16-14-10-6-7-11(13-8-12(10)13)15(14)17(20)18(16)9-4-2-1-3-5-9/h1-7,10-15H,8H2/t10-,11-,12-,13-,14+,15+/m0/s1. The van der Waals surface area contributed by atoms with Gasteiger partial charge in [-0.15, -0.1) is 0 Å². The monoisotopic (exact) mass is 265 g/mol. The smallest absolute Gasteiger partial charge is 0.238 e. The fourth-order valence-electron chi connectivity index (χ4n) is 4.79. The van der Waals surface area contributed by atoms with Crippen LogP contribution in [0.5, 0.6) is 0 Å². The number of nitrogens with zero attached hydrogens (tertiary/aromatic N) is 1. The normalized spacial score (nSPS) is 43.7. The Morgan fingerprint density at radius 3 is 1.95 bits per heavy atom. The van der Waals surface area contributed by atoms with Gasteiger partial charge in [-0.05, 0) is 42.2 Å². The summed E-state index contributed by atoms with van der Waals surface area (Å²) in [6.45, 7) is 0. The van der Waals surface area contributed by atoms with Gasteiger partial charge < -0.3 is 0 Å². The third-order valence-electron chi connectivity index (χ3n) is 5.68. The average Bonchev–Trinajstić information content (AvgIpc) is 3.25. The first-order valence-electron chi connectivity index (χ1n) is 7.38. The molecule has 4 aliphatic carbocycles. The van der Waals surface area contributed by atoms with Crippen LogP contribution in [-0.4, -0.2) is 11.8 Å². The molecule has 3 heteroatoms. The van der Waals surface area contributed by atoms with Crippen LogP contribution in [0.25, 0.3) is 0 Å². The van der Waals surface area contributed by atoms with E-state index in [4.69, 9.17) is 0 Å². The number of hydrogen-bond donors (Lipinski definition) is 0. The Labute approximate surface area is 117 Å². The van der Waals surface area contributed by atoms with Crippen molar-refractivity contribution in [2.45, 2.75) is 6.42 Å². The fraction of sp³-hybridized carbons (Fsp3) is 0.412. The fourth-order valence-corrected chi connectivity index (χ4v) is 4.79. The summed E-state index contributed by atoms with van der Waals surface area (Å²) in [5.74, 6) is 1.80. The molecule has 20 heavy (non-hydrogen) atoms. The van der Waals surface area contributed by atoms with E-state index in [1.807, 2.05) is 30.3 Å². The van der Waals surface area contributed by atoms with E-state index in [0.717, 1.165) is 5.69 Å². The summed E-state index contributed by atoms with van der Waals surface area (Å²) in [7, 11) is 0. The second kappa shape index (κ2) is 3.40. The van der Waals surface area contributed by atoms with Crippen molar-refractivity contribution < 1.29 is 9.59 Å². The zero-order valence-electron chi connectivity index (χ0n) is 11.0. The molecule has 0 N–H and O–H groups in total. The second-order valence-electron chi connectivity index (χ2n) is 6.50. The van der Waals surface area contributed by atoms with Crippen molar-refractivity contribution in [3.63, 3.8) is 0 Å². The number of hydrogen-bond acceptors (Lipinski definition) is 2. The van der Waals surface area contributed by atoms with Crippen LogP contribution < -0.4 is 4.90 Å². The van der Waals surface area contributed by atoms with Crippen molar-refractivity contribution in [3.05, 3.63) is 42.5 Å². The van der Waals surface area contributed by atoms with Crippen LogP contribution in [0.4, 0.5) is 5.69 Å². The maximum atomic E-state index is 12.8. The van der Waals surface area contributed by atoms with Crippen molar-refractivity contribution in [2.24, 2.45) is 35.5 Å². The summed E-state index contributed by atoms with van der Waals surface area (Å²) in [6, 6.07) is 9.36. The SMILES string of the molecule is O=C1[C@@H]2[C@H]3C=C[C@@H]([C@@H]4C[C@@H]34)[C@H]2C(=O)N1c1ccccc1. The third kappa shape index (κ3) is 1.13. The summed E-state index contributed by atoms with van der Waals surface area (Å²) in [4.78, 5) is 27.0. The molecule has 0 spiro atoms. The van der Waals surface area contributed by atoms with Crippen molar-refractivity contribution in [1.82, 2.24) is 0 Å². The van der Waals surface area contributed by atoms with Gasteiger partial charge >= 0.3 is 0 Å². The molecule has 0 radical (unpaired) electrons. The van der Waals surface area contributed by atoms with Crippen LogP contribution in [0.1, 0.15) is 6.42 Å². The largest absolute Gasteiger partial charge is 0.274 e. The van der Waals surface area contributed by atoms with Crippen LogP contribution in [-0.2, 0) is 9.59 Å².